The Morgan fingerprint density at radius 1 is 1.00 bits per heavy atom. The summed E-state index contributed by atoms with van der Waals surface area (Å²) in [5.74, 6) is 0.332. The van der Waals surface area contributed by atoms with E-state index in [0.29, 0.717) is 22.0 Å². The van der Waals surface area contributed by atoms with Gasteiger partial charge < -0.3 is 5.32 Å². The van der Waals surface area contributed by atoms with Crippen LogP contribution in [0, 0.1) is 6.92 Å². The first kappa shape index (κ1) is 16.3. The van der Waals surface area contributed by atoms with Gasteiger partial charge in [-0.15, -0.1) is 0 Å². The Balaban J connectivity index is 1.80. The van der Waals surface area contributed by atoms with Crippen molar-refractivity contribution in [2.45, 2.75) is 6.92 Å². The molecule has 0 aliphatic heterocycles. The smallest absolute Gasteiger partial charge is 0.262 e. The van der Waals surface area contributed by atoms with Crippen molar-refractivity contribution < 1.29 is 0 Å². The lowest BCUT2D eigenvalue weighted by Crippen LogP contribution is -2.13. The molecule has 0 radical (unpaired) electrons. The molecule has 4 aromatic rings. The van der Waals surface area contributed by atoms with E-state index in [2.05, 4.69) is 20.3 Å². The van der Waals surface area contributed by atoms with Gasteiger partial charge in [0.15, 0.2) is 5.65 Å². The topological polar surface area (TPSA) is 70.7 Å². The Morgan fingerprint density at radius 3 is 2.46 bits per heavy atom. The fourth-order valence-electron chi connectivity index (χ4n) is 2.77. The van der Waals surface area contributed by atoms with Crippen LogP contribution in [0.2, 0.25) is 5.02 Å². The van der Waals surface area contributed by atoms with Crippen LogP contribution in [-0.4, -0.2) is 15.0 Å². The summed E-state index contributed by atoms with van der Waals surface area (Å²) in [6.45, 7) is 2.03. The quantitative estimate of drug-likeness (QED) is 0.554. The minimum atomic E-state index is -0.241. The van der Waals surface area contributed by atoms with E-state index in [4.69, 9.17) is 11.6 Å². The summed E-state index contributed by atoms with van der Waals surface area (Å²) in [5, 5.41) is 4.17. The summed E-state index contributed by atoms with van der Waals surface area (Å²) in [5.41, 5.74) is 3.84. The zero-order valence-electron chi connectivity index (χ0n) is 14.0. The van der Waals surface area contributed by atoms with E-state index >= 15 is 0 Å². The number of nitrogens with one attached hydrogen (secondary N) is 2. The van der Waals surface area contributed by atoms with Crippen molar-refractivity contribution in [2.24, 2.45) is 0 Å². The average Bonchev–Trinajstić information content (AvgIpc) is 2.64. The van der Waals surface area contributed by atoms with Crippen LogP contribution >= 0.6 is 11.6 Å². The zero-order valence-corrected chi connectivity index (χ0v) is 14.7. The number of aromatic nitrogens is 3. The van der Waals surface area contributed by atoms with Gasteiger partial charge >= 0.3 is 0 Å². The lowest BCUT2D eigenvalue weighted by Gasteiger charge is -2.09. The molecule has 0 bridgehead atoms. The van der Waals surface area contributed by atoms with Crippen molar-refractivity contribution >= 4 is 34.3 Å². The number of aryl methyl sites for hydroxylation is 1. The Labute approximate surface area is 154 Å². The van der Waals surface area contributed by atoms with Crippen LogP contribution in [0.25, 0.3) is 22.2 Å². The molecule has 0 saturated carbocycles. The molecule has 0 unspecified atom stereocenters. The first-order valence-corrected chi connectivity index (χ1v) is 8.46. The van der Waals surface area contributed by atoms with E-state index in [-0.39, 0.29) is 5.56 Å². The molecule has 0 fully saturated rings. The molecule has 4 rings (SSSR count). The maximum atomic E-state index is 12.7. The number of hydrogen-bond donors (Lipinski definition) is 2. The second-order valence-corrected chi connectivity index (χ2v) is 6.41. The van der Waals surface area contributed by atoms with E-state index in [0.717, 1.165) is 22.4 Å². The third kappa shape index (κ3) is 3.17. The third-order valence-corrected chi connectivity index (χ3v) is 4.33. The summed E-state index contributed by atoms with van der Waals surface area (Å²) >= 11 is 5.89. The van der Waals surface area contributed by atoms with Crippen LogP contribution in [0.15, 0.2) is 65.6 Å². The Hall–Kier alpha value is -3.18. The number of H-pyrrole nitrogens is 1. The van der Waals surface area contributed by atoms with Gasteiger partial charge in [0.2, 0.25) is 5.95 Å². The van der Waals surface area contributed by atoms with Gasteiger partial charge in [-0.2, -0.15) is 4.98 Å². The molecule has 0 spiro atoms. The van der Waals surface area contributed by atoms with Crippen molar-refractivity contribution in [1.29, 1.82) is 0 Å². The zero-order chi connectivity index (χ0) is 18.1. The number of nitrogens with zero attached hydrogens (tertiary/aromatic N) is 2. The number of hydrogen-bond acceptors (Lipinski definition) is 4. The van der Waals surface area contributed by atoms with Crippen LogP contribution in [0.4, 0.5) is 11.6 Å². The van der Waals surface area contributed by atoms with Gasteiger partial charge in [0.25, 0.3) is 5.56 Å². The molecule has 5 nitrogen and oxygen atoms in total. The standard InChI is InChI=1S/C20H15ClN4O/c1-12-2-4-13(5-3-12)16-10-11-22-18-17(16)19(26)25-20(24-18)23-15-8-6-14(21)7-9-15/h2-11H,1H3,(H2,22,23,24,25,26). The molecule has 128 valence electrons. The highest BCUT2D eigenvalue weighted by Gasteiger charge is 2.11. The van der Waals surface area contributed by atoms with Crippen LogP contribution in [0.1, 0.15) is 5.56 Å². The number of aromatic amines is 1. The number of anilines is 2. The molecule has 2 heterocycles. The predicted molar refractivity (Wildman–Crippen MR) is 105 cm³/mol. The summed E-state index contributed by atoms with van der Waals surface area (Å²) in [6, 6.07) is 17.0. The van der Waals surface area contributed by atoms with Crippen LogP contribution < -0.4 is 10.9 Å². The first-order valence-electron chi connectivity index (χ1n) is 8.09. The van der Waals surface area contributed by atoms with E-state index in [1.807, 2.05) is 49.4 Å². The highest BCUT2D eigenvalue weighted by Crippen LogP contribution is 2.25. The number of benzene rings is 2. The SMILES string of the molecule is Cc1ccc(-c2ccnc3nc(Nc4ccc(Cl)cc4)[nH]c(=O)c23)cc1. The highest BCUT2D eigenvalue weighted by molar-refractivity contribution is 6.30. The fourth-order valence-corrected chi connectivity index (χ4v) is 2.89. The fraction of sp³-hybridized carbons (Fsp3) is 0.0500. The molecular weight excluding hydrogens is 348 g/mol. The minimum absolute atomic E-state index is 0.241. The predicted octanol–water partition coefficient (Wildman–Crippen LogP) is 4.69. The van der Waals surface area contributed by atoms with Crippen molar-refractivity contribution in [2.75, 3.05) is 5.32 Å². The summed E-state index contributed by atoms with van der Waals surface area (Å²) in [6.07, 6.45) is 1.66. The lowest BCUT2D eigenvalue weighted by atomic mass is 10.0. The van der Waals surface area contributed by atoms with Gasteiger partial charge in [-0.05, 0) is 48.4 Å². The van der Waals surface area contributed by atoms with E-state index in [1.54, 1.807) is 18.3 Å². The monoisotopic (exact) mass is 362 g/mol. The molecule has 0 atom stereocenters. The molecule has 2 aromatic carbocycles. The van der Waals surface area contributed by atoms with Crippen LogP contribution in [0.5, 0.6) is 0 Å². The second kappa shape index (κ2) is 6.61. The molecular formula is C20H15ClN4O. The third-order valence-electron chi connectivity index (χ3n) is 4.08. The van der Waals surface area contributed by atoms with E-state index in [9.17, 15) is 4.79 Å². The summed E-state index contributed by atoms with van der Waals surface area (Å²) in [7, 11) is 0. The second-order valence-electron chi connectivity index (χ2n) is 5.97. The first-order chi connectivity index (χ1) is 12.6. The minimum Gasteiger partial charge on any atom is -0.326 e. The molecule has 26 heavy (non-hydrogen) atoms. The molecule has 0 aliphatic rings. The van der Waals surface area contributed by atoms with Gasteiger partial charge in [0.1, 0.15) is 0 Å². The normalized spacial score (nSPS) is 10.8. The van der Waals surface area contributed by atoms with Gasteiger partial charge in [0.05, 0.1) is 5.39 Å². The number of fused-ring (bicyclic) bond motifs is 1. The van der Waals surface area contributed by atoms with Gasteiger partial charge in [0, 0.05) is 16.9 Å². The van der Waals surface area contributed by atoms with Crippen molar-refractivity contribution in [1.82, 2.24) is 15.0 Å². The van der Waals surface area contributed by atoms with Crippen molar-refractivity contribution in [3.8, 4) is 11.1 Å². The van der Waals surface area contributed by atoms with Crippen molar-refractivity contribution in [3.63, 3.8) is 0 Å². The average molecular weight is 363 g/mol. The maximum Gasteiger partial charge on any atom is 0.262 e. The molecule has 2 N–H and O–H groups in total. The van der Waals surface area contributed by atoms with Crippen molar-refractivity contribution in [3.05, 3.63) is 81.7 Å². The van der Waals surface area contributed by atoms with E-state index in [1.165, 1.54) is 0 Å². The van der Waals surface area contributed by atoms with Gasteiger partial charge in [-0.25, -0.2) is 4.98 Å². The Bertz CT molecular complexity index is 1140. The van der Waals surface area contributed by atoms with Crippen LogP contribution in [0.3, 0.4) is 0 Å². The van der Waals surface area contributed by atoms with Crippen LogP contribution in [-0.2, 0) is 0 Å². The Kier molecular flexibility index (Phi) is 4.14. The molecule has 2 aromatic heterocycles. The Morgan fingerprint density at radius 2 is 1.73 bits per heavy atom. The highest BCUT2D eigenvalue weighted by atomic mass is 35.5. The number of pyridine rings is 1. The number of rotatable bonds is 3. The molecule has 0 saturated heterocycles. The van der Waals surface area contributed by atoms with Gasteiger partial charge in [-0.1, -0.05) is 41.4 Å². The summed E-state index contributed by atoms with van der Waals surface area (Å²) in [4.78, 5) is 24.2. The number of halogens is 1. The van der Waals surface area contributed by atoms with E-state index < -0.39 is 0 Å². The molecule has 0 amide bonds. The molecule has 6 heteroatoms. The largest absolute Gasteiger partial charge is 0.326 e. The summed E-state index contributed by atoms with van der Waals surface area (Å²) < 4.78 is 0. The van der Waals surface area contributed by atoms with Gasteiger partial charge in [-0.3, -0.25) is 9.78 Å². The molecule has 0 aliphatic carbocycles. The maximum absolute atomic E-state index is 12.7. The lowest BCUT2D eigenvalue weighted by molar-refractivity contribution is 1.14.